The Morgan fingerprint density at radius 3 is 2.55 bits per heavy atom. The van der Waals surface area contributed by atoms with Gasteiger partial charge in [-0.15, -0.1) is 0 Å². The van der Waals surface area contributed by atoms with Crippen molar-refractivity contribution >= 4 is 6.21 Å². The summed E-state index contributed by atoms with van der Waals surface area (Å²) in [6.07, 6.45) is 4.40. The summed E-state index contributed by atoms with van der Waals surface area (Å²) in [7, 11) is 0. The molecular weight excluding hydrogens is 138 g/mol. The van der Waals surface area contributed by atoms with E-state index in [-0.39, 0.29) is 11.6 Å². The molecule has 0 aliphatic carbocycles. The summed E-state index contributed by atoms with van der Waals surface area (Å²) in [5.41, 5.74) is 0.229. The third kappa shape index (κ3) is 1.80. The van der Waals surface area contributed by atoms with Gasteiger partial charge >= 0.3 is 0 Å². The molecule has 0 aromatic carbocycles. The van der Waals surface area contributed by atoms with Crippen LogP contribution in [-0.4, -0.2) is 19.0 Å². The van der Waals surface area contributed by atoms with Gasteiger partial charge in [-0.25, -0.2) is 0 Å². The molecule has 64 valence electrons. The highest BCUT2D eigenvalue weighted by Crippen LogP contribution is 2.27. The molecule has 1 aliphatic heterocycles. The summed E-state index contributed by atoms with van der Waals surface area (Å²) in [5, 5.41) is 0. The van der Waals surface area contributed by atoms with Gasteiger partial charge in [-0.2, -0.15) is 0 Å². The Hall–Kier alpha value is -0.370. The summed E-state index contributed by atoms with van der Waals surface area (Å²) >= 11 is 0. The van der Waals surface area contributed by atoms with E-state index in [0.29, 0.717) is 0 Å². The molecule has 1 aliphatic rings. The second kappa shape index (κ2) is 3.35. The van der Waals surface area contributed by atoms with Crippen molar-refractivity contribution in [2.75, 3.05) is 6.61 Å². The van der Waals surface area contributed by atoms with Crippen LogP contribution in [0.5, 0.6) is 0 Å². The van der Waals surface area contributed by atoms with Crippen molar-refractivity contribution in [3.05, 3.63) is 0 Å². The first-order valence-electron chi connectivity index (χ1n) is 4.38. The highest BCUT2D eigenvalue weighted by Gasteiger charge is 2.28. The fraction of sp³-hybridized carbons (Fsp3) is 0.889. The largest absolute Gasteiger partial charge is 0.356 e. The maximum atomic E-state index is 5.48. The Bertz CT molecular complexity index is 150. The van der Waals surface area contributed by atoms with Crippen LogP contribution in [0.1, 0.15) is 33.6 Å². The Balaban J connectivity index is 2.65. The summed E-state index contributed by atoms with van der Waals surface area (Å²) in [4.78, 5) is 4.28. The smallest absolute Gasteiger partial charge is 0.145 e. The van der Waals surface area contributed by atoms with Gasteiger partial charge in [0.2, 0.25) is 0 Å². The minimum Gasteiger partial charge on any atom is -0.356 e. The highest BCUT2D eigenvalue weighted by molar-refractivity contribution is 5.66. The van der Waals surface area contributed by atoms with Crippen LogP contribution in [-0.2, 0) is 4.74 Å². The first-order chi connectivity index (χ1) is 5.22. The Labute approximate surface area is 68.7 Å². The SMILES string of the molecule is CCC1(CC)C=NC(C)OC1. The lowest BCUT2D eigenvalue weighted by Gasteiger charge is -2.31. The summed E-state index contributed by atoms with van der Waals surface area (Å²) in [5.74, 6) is 0. The van der Waals surface area contributed by atoms with E-state index in [2.05, 4.69) is 25.1 Å². The minimum absolute atomic E-state index is 0.0706. The summed E-state index contributed by atoms with van der Waals surface area (Å²) < 4.78 is 5.48. The number of hydrogen-bond acceptors (Lipinski definition) is 2. The number of rotatable bonds is 2. The van der Waals surface area contributed by atoms with Crippen LogP contribution in [0, 0.1) is 5.41 Å². The first kappa shape index (κ1) is 8.72. The molecule has 1 unspecified atom stereocenters. The van der Waals surface area contributed by atoms with E-state index in [1.165, 1.54) is 0 Å². The van der Waals surface area contributed by atoms with Crippen molar-refractivity contribution in [1.29, 1.82) is 0 Å². The molecule has 0 saturated carbocycles. The molecule has 0 radical (unpaired) electrons. The van der Waals surface area contributed by atoms with E-state index in [1.54, 1.807) is 0 Å². The normalized spacial score (nSPS) is 28.8. The number of ether oxygens (including phenoxy) is 1. The van der Waals surface area contributed by atoms with E-state index in [4.69, 9.17) is 4.74 Å². The van der Waals surface area contributed by atoms with E-state index in [0.717, 1.165) is 19.4 Å². The molecule has 0 saturated heterocycles. The van der Waals surface area contributed by atoms with Crippen molar-refractivity contribution in [3.8, 4) is 0 Å². The van der Waals surface area contributed by atoms with Gasteiger partial charge in [0.15, 0.2) is 0 Å². The van der Waals surface area contributed by atoms with Gasteiger partial charge in [-0.3, -0.25) is 4.99 Å². The fourth-order valence-corrected chi connectivity index (χ4v) is 1.27. The predicted molar refractivity (Wildman–Crippen MR) is 46.9 cm³/mol. The quantitative estimate of drug-likeness (QED) is 0.599. The molecule has 1 atom stereocenters. The molecule has 0 bridgehead atoms. The Morgan fingerprint density at radius 2 is 2.18 bits per heavy atom. The maximum Gasteiger partial charge on any atom is 0.145 e. The van der Waals surface area contributed by atoms with Gasteiger partial charge in [-0.1, -0.05) is 13.8 Å². The molecule has 0 amide bonds. The van der Waals surface area contributed by atoms with Crippen LogP contribution < -0.4 is 0 Å². The van der Waals surface area contributed by atoms with E-state index < -0.39 is 0 Å². The molecule has 0 fully saturated rings. The number of nitrogens with zero attached hydrogens (tertiary/aromatic N) is 1. The molecule has 0 N–H and O–H groups in total. The van der Waals surface area contributed by atoms with Crippen LogP contribution in [0.2, 0.25) is 0 Å². The number of aliphatic imine (C=N–C) groups is 1. The zero-order valence-corrected chi connectivity index (χ0v) is 7.63. The van der Waals surface area contributed by atoms with Crippen molar-refractivity contribution in [1.82, 2.24) is 0 Å². The lowest BCUT2D eigenvalue weighted by atomic mass is 9.84. The monoisotopic (exact) mass is 155 g/mol. The lowest BCUT2D eigenvalue weighted by molar-refractivity contribution is 0.0131. The Kier molecular flexibility index (Phi) is 2.66. The molecule has 0 aromatic rings. The molecule has 2 nitrogen and oxygen atoms in total. The summed E-state index contributed by atoms with van der Waals surface area (Å²) in [6, 6.07) is 0. The van der Waals surface area contributed by atoms with Crippen LogP contribution in [0.3, 0.4) is 0 Å². The van der Waals surface area contributed by atoms with Gasteiger partial charge < -0.3 is 4.74 Å². The zero-order valence-electron chi connectivity index (χ0n) is 7.63. The van der Waals surface area contributed by atoms with Crippen molar-refractivity contribution in [2.45, 2.75) is 39.8 Å². The predicted octanol–water partition coefficient (Wildman–Crippen LogP) is 2.24. The van der Waals surface area contributed by atoms with Crippen LogP contribution in [0.4, 0.5) is 0 Å². The van der Waals surface area contributed by atoms with Crippen molar-refractivity contribution in [3.63, 3.8) is 0 Å². The first-order valence-corrected chi connectivity index (χ1v) is 4.38. The maximum absolute atomic E-state index is 5.48. The van der Waals surface area contributed by atoms with Crippen LogP contribution >= 0.6 is 0 Å². The Morgan fingerprint density at radius 1 is 1.55 bits per heavy atom. The van der Waals surface area contributed by atoms with Gasteiger partial charge in [0.25, 0.3) is 0 Å². The van der Waals surface area contributed by atoms with Gasteiger partial charge in [0.05, 0.1) is 6.61 Å². The van der Waals surface area contributed by atoms with Crippen molar-refractivity contribution in [2.24, 2.45) is 10.4 Å². The van der Waals surface area contributed by atoms with Gasteiger partial charge in [-0.05, 0) is 19.8 Å². The van der Waals surface area contributed by atoms with Crippen LogP contribution in [0.25, 0.3) is 0 Å². The molecule has 0 spiro atoms. The molecule has 11 heavy (non-hydrogen) atoms. The molecule has 1 heterocycles. The average Bonchev–Trinajstić information content (AvgIpc) is 2.07. The lowest BCUT2D eigenvalue weighted by Crippen LogP contribution is -2.33. The minimum atomic E-state index is 0.0706. The van der Waals surface area contributed by atoms with E-state index in [1.807, 2.05) is 6.92 Å². The fourth-order valence-electron chi connectivity index (χ4n) is 1.27. The number of hydrogen-bond donors (Lipinski definition) is 0. The topological polar surface area (TPSA) is 21.6 Å². The van der Waals surface area contributed by atoms with E-state index in [9.17, 15) is 0 Å². The van der Waals surface area contributed by atoms with Gasteiger partial charge in [0.1, 0.15) is 6.23 Å². The second-order valence-corrected chi connectivity index (χ2v) is 3.26. The molecular formula is C9H17NO. The third-order valence-corrected chi connectivity index (χ3v) is 2.58. The second-order valence-electron chi connectivity index (χ2n) is 3.26. The van der Waals surface area contributed by atoms with E-state index >= 15 is 0 Å². The summed E-state index contributed by atoms with van der Waals surface area (Å²) in [6.45, 7) is 7.19. The zero-order chi connectivity index (χ0) is 8.32. The third-order valence-electron chi connectivity index (χ3n) is 2.58. The average molecular weight is 155 g/mol. The molecule has 2 heteroatoms. The van der Waals surface area contributed by atoms with Crippen LogP contribution in [0.15, 0.2) is 4.99 Å². The molecule has 0 aromatic heterocycles. The molecule has 1 rings (SSSR count). The highest BCUT2D eigenvalue weighted by atomic mass is 16.5. The van der Waals surface area contributed by atoms with Gasteiger partial charge in [0, 0.05) is 11.6 Å². The van der Waals surface area contributed by atoms with Crippen molar-refractivity contribution < 1.29 is 4.74 Å². The standard InChI is InChI=1S/C9H17NO/c1-4-9(5-2)6-10-8(3)11-7-9/h6,8H,4-5,7H2,1-3H3.